The molecule has 3 aromatic rings. The maximum atomic E-state index is 13.5. The van der Waals surface area contributed by atoms with Crippen LogP contribution < -0.4 is 20.9 Å². The molecule has 0 aromatic carbocycles. The zero-order valence-electron chi connectivity index (χ0n) is 21.9. The number of aliphatic hydroxyl groups excluding tert-OH is 1. The zero-order valence-corrected chi connectivity index (χ0v) is 21.9. The van der Waals surface area contributed by atoms with Crippen LogP contribution in [0.1, 0.15) is 34.1 Å². The molecule has 0 amide bonds. The van der Waals surface area contributed by atoms with E-state index in [2.05, 4.69) is 39.4 Å². The van der Waals surface area contributed by atoms with Crippen LogP contribution >= 0.6 is 0 Å². The maximum Gasteiger partial charge on any atom is 0.293 e. The van der Waals surface area contributed by atoms with Crippen molar-refractivity contribution in [1.29, 1.82) is 0 Å². The summed E-state index contributed by atoms with van der Waals surface area (Å²) >= 11 is 0. The second-order valence-electron chi connectivity index (χ2n) is 9.68. The van der Waals surface area contributed by atoms with Crippen LogP contribution in [0.25, 0.3) is 22.3 Å². The molecule has 3 aromatic heterocycles. The second kappa shape index (κ2) is 12.8. The van der Waals surface area contributed by atoms with Crippen molar-refractivity contribution < 1.29 is 14.6 Å². The van der Waals surface area contributed by atoms with Crippen molar-refractivity contribution in [3.8, 4) is 17.0 Å². The normalized spacial score (nSPS) is 12.6. The number of nitrogens with one attached hydrogen (secondary N) is 2. The van der Waals surface area contributed by atoms with Crippen LogP contribution in [0.15, 0.2) is 35.4 Å². The Morgan fingerprint density at radius 1 is 1.14 bits per heavy atom. The van der Waals surface area contributed by atoms with Gasteiger partial charge in [0, 0.05) is 62.4 Å². The van der Waals surface area contributed by atoms with Crippen molar-refractivity contribution in [1.82, 2.24) is 24.8 Å². The van der Waals surface area contributed by atoms with Crippen molar-refractivity contribution in [3.05, 3.63) is 40.9 Å². The molecule has 3 rings (SSSR count). The highest BCUT2D eigenvalue weighted by Crippen LogP contribution is 2.23. The van der Waals surface area contributed by atoms with Gasteiger partial charge >= 0.3 is 0 Å². The van der Waals surface area contributed by atoms with E-state index < -0.39 is 6.10 Å². The Labute approximate surface area is 212 Å². The smallest absolute Gasteiger partial charge is 0.293 e. The Morgan fingerprint density at radius 3 is 2.58 bits per heavy atom. The lowest BCUT2D eigenvalue weighted by molar-refractivity contribution is 0.127. The first kappa shape index (κ1) is 27.5. The minimum atomic E-state index is -0.414. The highest BCUT2D eigenvalue weighted by molar-refractivity contribution is 5.78. The lowest BCUT2D eigenvalue weighted by Gasteiger charge is -2.26. The first-order chi connectivity index (χ1) is 17.2. The third-order valence-corrected chi connectivity index (χ3v) is 5.67. The maximum absolute atomic E-state index is 13.5. The van der Waals surface area contributed by atoms with Crippen LogP contribution in [0.2, 0.25) is 0 Å². The van der Waals surface area contributed by atoms with Gasteiger partial charge in [-0.3, -0.25) is 9.36 Å². The summed E-state index contributed by atoms with van der Waals surface area (Å²) in [5.74, 6) is 0.784. The molecule has 0 aliphatic rings. The summed E-state index contributed by atoms with van der Waals surface area (Å²) in [7, 11) is 1.57. The van der Waals surface area contributed by atoms with Gasteiger partial charge in [0.25, 0.3) is 5.56 Å². The molecule has 0 spiro atoms. The van der Waals surface area contributed by atoms with Gasteiger partial charge in [-0.05, 0) is 30.9 Å². The lowest BCUT2D eigenvalue weighted by Crippen LogP contribution is -2.39. The van der Waals surface area contributed by atoms with E-state index in [1.54, 1.807) is 37.1 Å². The summed E-state index contributed by atoms with van der Waals surface area (Å²) in [6.07, 6.45) is 3.94. The van der Waals surface area contributed by atoms with Crippen molar-refractivity contribution in [3.63, 3.8) is 0 Å². The molecule has 10 nitrogen and oxygen atoms in total. The predicted octanol–water partition coefficient (Wildman–Crippen LogP) is 2.70. The van der Waals surface area contributed by atoms with E-state index in [1.807, 2.05) is 19.1 Å². The van der Waals surface area contributed by atoms with E-state index in [-0.39, 0.29) is 16.8 Å². The van der Waals surface area contributed by atoms with Crippen molar-refractivity contribution >= 4 is 17.0 Å². The topological polar surface area (TPSA) is 123 Å². The average Bonchev–Trinajstić information content (AvgIpc) is 2.86. The number of ether oxygens (including phenoxy) is 2. The summed E-state index contributed by atoms with van der Waals surface area (Å²) in [6, 6.07) is 5.60. The molecule has 3 heterocycles. The number of aromatic nitrogens is 4. The molecule has 0 radical (unpaired) electrons. The molecule has 0 saturated carbocycles. The fraction of sp³-hybridized carbons (Fsp3) is 0.538. The molecule has 0 aliphatic carbocycles. The Balaban J connectivity index is 1.91. The number of hydrogen-bond donors (Lipinski definition) is 3. The van der Waals surface area contributed by atoms with Crippen LogP contribution in [-0.2, 0) is 11.3 Å². The van der Waals surface area contributed by atoms with E-state index in [9.17, 15) is 9.90 Å². The van der Waals surface area contributed by atoms with Crippen LogP contribution in [0, 0.1) is 5.41 Å². The monoisotopic (exact) mass is 498 g/mol. The van der Waals surface area contributed by atoms with Crippen LogP contribution in [0.5, 0.6) is 5.88 Å². The van der Waals surface area contributed by atoms with E-state index in [4.69, 9.17) is 9.47 Å². The molecule has 0 aliphatic heterocycles. The minimum absolute atomic E-state index is 0.175. The summed E-state index contributed by atoms with van der Waals surface area (Å²) in [5.41, 5.74) is 2.40. The van der Waals surface area contributed by atoms with Gasteiger partial charge in [0.2, 0.25) is 5.88 Å². The molecule has 1 unspecified atom stereocenters. The molecule has 0 fully saturated rings. The number of rotatable bonds is 14. The van der Waals surface area contributed by atoms with Crippen LogP contribution in [0.3, 0.4) is 0 Å². The van der Waals surface area contributed by atoms with Crippen LogP contribution in [0.4, 0.5) is 5.82 Å². The largest absolute Gasteiger partial charge is 0.481 e. The van der Waals surface area contributed by atoms with E-state index in [0.717, 1.165) is 17.5 Å². The second-order valence-corrected chi connectivity index (χ2v) is 9.68. The quantitative estimate of drug-likeness (QED) is 0.288. The highest BCUT2D eigenvalue weighted by Gasteiger charge is 2.20. The first-order valence-corrected chi connectivity index (χ1v) is 12.4. The number of hydrogen-bond acceptors (Lipinski definition) is 9. The molecule has 3 N–H and O–H groups in total. The van der Waals surface area contributed by atoms with E-state index in [0.29, 0.717) is 56.4 Å². The third-order valence-electron chi connectivity index (χ3n) is 5.67. The SMILES string of the molecule is CCCOCCn1c(=O)c(NCC(C)(C)CNCC(C)O)nc2ncc(-c3ccc(OC)nc3)cc21. The fourth-order valence-electron chi connectivity index (χ4n) is 3.70. The van der Waals surface area contributed by atoms with Crippen molar-refractivity contribution in [2.24, 2.45) is 5.41 Å². The third kappa shape index (κ3) is 7.46. The summed E-state index contributed by atoms with van der Waals surface area (Å²) < 4.78 is 12.5. The molecule has 1 atom stereocenters. The van der Waals surface area contributed by atoms with Gasteiger partial charge in [0.1, 0.15) is 0 Å². The molecule has 0 bridgehead atoms. The van der Waals surface area contributed by atoms with Gasteiger partial charge in [-0.2, -0.15) is 0 Å². The Morgan fingerprint density at radius 2 is 1.92 bits per heavy atom. The van der Waals surface area contributed by atoms with E-state index >= 15 is 0 Å². The number of aliphatic hydroxyl groups is 1. The number of pyridine rings is 2. The number of nitrogens with zero attached hydrogens (tertiary/aromatic N) is 4. The van der Waals surface area contributed by atoms with E-state index in [1.165, 1.54) is 0 Å². The van der Waals surface area contributed by atoms with Gasteiger partial charge in [0.15, 0.2) is 11.5 Å². The van der Waals surface area contributed by atoms with Gasteiger partial charge in [0.05, 0.1) is 25.3 Å². The molecular weight excluding hydrogens is 460 g/mol. The Bertz CT molecular complexity index is 1180. The van der Waals surface area contributed by atoms with Crippen LogP contribution in [-0.4, -0.2) is 70.7 Å². The number of fused-ring (bicyclic) bond motifs is 1. The summed E-state index contributed by atoms with van der Waals surface area (Å²) in [4.78, 5) is 26.9. The summed E-state index contributed by atoms with van der Waals surface area (Å²) in [5, 5.41) is 16.0. The molecular formula is C26H38N6O4. The zero-order chi connectivity index (χ0) is 26.1. The molecule has 0 saturated heterocycles. The molecule has 196 valence electrons. The fourth-order valence-corrected chi connectivity index (χ4v) is 3.70. The lowest BCUT2D eigenvalue weighted by atomic mass is 9.93. The molecule has 36 heavy (non-hydrogen) atoms. The molecule has 10 heteroatoms. The van der Waals surface area contributed by atoms with Gasteiger partial charge in [-0.1, -0.05) is 20.8 Å². The average molecular weight is 499 g/mol. The highest BCUT2D eigenvalue weighted by atomic mass is 16.5. The van der Waals surface area contributed by atoms with Crippen molar-refractivity contribution in [2.75, 3.05) is 45.3 Å². The summed E-state index contributed by atoms with van der Waals surface area (Å²) in [6.45, 7) is 11.1. The van der Waals surface area contributed by atoms with Gasteiger partial charge in [-0.15, -0.1) is 0 Å². The Hall–Kier alpha value is -3.08. The number of methoxy groups -OCH3 is 1. The van der Waals surface area contributed by atoms with Gasteiger partial charge < -0.3 is 25.2 Å². The number of anilines is 1. The van der Waals surface area contributed by atoms with Gasteiger partial charge in [-0.25, -0.2) is 15.0 Å². The Kier molecular flexibility index (Phi) is 9.74. The standard InChI is InChI=1S/C26H38N6O4/c1-6-10-36-11-9-32-21-12-20(19-7-8-22(35-5)28-14-19)15-29-23(21)31-24(25(32)34)30-17-26(3,4)16-27-13-18(2)33/h7-8,12,14-15,18,27,33H,6,9-11,13,16-17H2,1-5H3,(H,29,30,31). The predicted molar refractivity (Wildman–Crippen MR) is 142 cm³/mol. The van der Waals surface area contributed by atoms with Crippen molar-refractivity contribution in [2.45, 2.75) is 46.8 Å². The minimum Gasteiger partial charge on any atom is -0.481 e. The first-order valence-electron chi connectivity index (χ1n) is 12.4.